The van der Waals surface area contributed by atoms with Gasteiger partial charge in [-0.1, -0.05) is 24.3 Å². The van der Waals surface area contributed by atoms with Gasteiger partial charge in [0, 0.05) is 23.7 Å². The Kier molecular flexibility index (Phi) is 6.36. The highest BCUT2D eigenvalue weighted by atomic mass is 19.1. The Balaban J connectivity index is 1.46. The van der Waals surface area contributed by atoms with Gasteiger partial charge in [0.1, 0.15) is 23.6 Å². The number of carbonyl (C=O) groups excluding carboxylic acids is 1. The zero-order valence-corrected chi connectivity index (χ0v) is 17.3. The largest absolute Gasteiger partial charge is 0.497 e. The van der Waals surface area contributed by atoms with Crippen molar-refractivity contribution in [3.05, 3.63) is 102 Å². The molecular weight excluding hydrogens is 409 g/mol. The lowest BCUT2D eigenvalue weighted by molar-refractivity contribution is 0.0951. The molecule has 0 bridgehead atoms. The lowest BCUT2D eigenvalue weighted by atomic mass is 10.1. The lowest BCUT2D eigenvalue weighted by Crippen LogP contribution is -2.22. The normalized spacial score (nSPS) is 10.4. The minimum absolute atomic E-state index is 0.236. The van der Waals surface area contributed by atoms with Crippen molar-refractivity contribution >= 4 is 5.91 Å². The molecule has 1 N–H and O–H groups in total. The number of methoxy groups -OCH3 is 1. The number of benzene rings is 3. The smallest absolute Gasteiger partial charge is 0.251 e. The molecule has 3 aromatic carbocycles. The molecule has 7 heteroatoms. The molecule has 0 radical (unpaired) electrons. The molecule has 0 saturated heterocycles. The van der Waals surface area contributed by atoms with Crippen molar-refractivity contribution in [2.75, 3.05) is 7.11 Å². The van der Waals surface area contributed by atoms with Crippen LogP contribution in [0, 0.1) is 5.82 Å². The summed E-state index contributed by atoms with van der Waals surface area (Å²) in [5.41, 5.74) is 2.67. The maximum Gasteiger partial charge on any atom is 0.251 e. The second kappa shape index (κ2) is 9.70. The first kappa shape index (κ1) is 21.0. The molecule has 4 rings (SSSR count). The minimum Gasteiger partial charge on any atom is -0.497 e. The molecule has 0 atom stereocenters. The molecule has 0 saturated carbocycles. The summed E-state index contributed by atoms with van der Waals surface area (Å²) >= 11 is 0. The number of halogens is 1. The van der Waals surface area contributed by atoms with Crippen LogP contribution in [0.5, 0.6) is 17.4 Å². The van der Waals surface area contributed by atoms with Crippen LogP contribution < -0.4 is 14.8 Å². The van der Waals surface area contributed by atoms with Crippen LogP contribution in [0.2, 0.25) is 0 Å². The summed E-state index contributed by atoms with van der Waals surface area (Å²) in [5.74, 6) is 1.18. The van der Waals surface area contributed by atoms with Crippen LogP contribution in [0.15, 0.2) is 85.2 Å². The Labute approximate surface area is 184 Å². The van der Waals surface area contributed by atoms with Gasteiger partial charge in [-0.05, 0) is 54.1 Å². The SMILES string of the molecule is COc1ccc(Oc2cc(-c3cccc(C(=O)NCc4ccc(F)cc4)c3)ncn2)cc1. The van der Waals surface area contributed by atoms with Crippen molar-refractivity contribution in [1.29, 1.82) is 0 Å². The van der Waals surface area contributed by atoms with Gasteiger partial charge in [-0.3, -0.25) is 4.79 Å². The average Bonchev–Trinajstić information content (AvgIpc) is 2.84. The summed E-state index contributed by atoms with van der Waals surface area (Å²) in [7, 11) is 1.60. The van der Waals surface area contributed by atoms with E-state index < -0.39 is 0 Å². The number of ether oxygens (including phenoxy) is 2. The van der Waals surface area contributed by atoms with Gasteiger partial charge in [-0.25, -0.2) is 14.4 Å². The number of amides is 1. The van der Waals surface area contributed by atoms with Gasteiger partial charge in [0.2, 0.25) is 5.88 Å². The average molecular weight is 429 g/mol. The van der Waals surface area contributed by atoms with Gasteiger partial charge in [0.25, 0.3) is 5.91 Å². The molecule has 6 nitrogen and oxygen atoms in total. The van der Waals surface area contributed by atoms with Gasteiger partial charge >= 0.3 is 0 Å². The summed E-state index contributed by atoms with van der Waals surface area (Å²) < 4.78 is 24.0. The fourth-order valence-electron chi connectivity index (χ4n) is 3.02. The Hall–Kier alpha value is -4.26. The zero-order valence-electron chi connectivity index (χ0n) is 17.3. The van der Waals surface area contributed by atoms with E-state index in [1.165, 1.54) is 18.5 Å². The highest BCUT2D eigenvalue weighted by Gasteiger charge is 2.10. The van der Waals surface area contributed by atoms with E-state index in [0.717, 1.165) is 16.9 Å². The predicted octanol–water partition coefficient (Wildman–Crippen LogP) is 5.01. The predicted molar refractivity (Wildman–Crippen MR) is 118 cm³/mol. The van der Waals surface area contributed by atoms with Crippen LogP contribution >= 0.6 is 0 Å². The van der Waals surface area contributed by atoms with E-state index in [1.807, 2.05) is 6.07 Å². The topological polar surface area (TPSA) is 73.3 Å². The summed E-state index contributed by atoms with van der Waals surface area (Å²) in [6.07, 6.45) is 1.41. The number of hydrogen-bond donors (Lipinski definition) is 1. The zero-order chi connectivity index (χ0) is 22.3. The quantitative estimate of drug-likeness (QED) is 0.447. The van der Waals surface area contributed by atoms with Crippen LogP contribution in [-0.4, -0.2) is 23.0 Å². The fraction of sp³-hybridized carbons (Fsp3) is 0.0800. The third-order valence-corrected chi connectivity index (χ3v) is 4.71. The molecule has 0 aliphatic rings. The van der Waals surface area contributed by atoms with E-state index in [0.29, 0.717) is 29.4 Å². The van der Waals surface area contributed by atoms with Crippen LogP contribution in [0.1, 0.15) is 15.9 Å². The number of hydrogen-bond acceptors (Lipinski definition) is 5. The molecule has 1 aromatic heterocycles. The molecular formula is C25H20FN3O3. The number of carbonyl (C=O) groups is 1. The first-order valence-electron chi connectivity index (χ1n) is 9.88. The number of nitrogens with zero attached hydrogens (tertiary/aromatic N) is 2. The Morgan fingerprint density at radius 1 is 0.938 bits per heavy atom. The van der Waals surface area contributed by atoms with E-state index in [4.69, 9.17) is 9.47 Å². The second-order valence-corrected chi connectivity index (χ2v) is 6.91. The monoisotopic (exact) mass is 429 g/mol. The highest BCUT2D eigenvalue weighted by molar-refractivity contribution is 5.95. The number of nitrogens with one attached hydrogen (secondary N) is 1. The molecule has 0 fully saturated rings. The molecule has 4 aromatic rings. The maximum absolute atomic E-state index is 13.0. The van der Waals surface area contributed by atoms with Crippen LogP contribution in [-0.2, 0) is 6.54 Å². The lowest BCUT2D eigenvalue weighted by Gasteiger charge is -2.09. The molecule has 32 heavy (non-hydrogen) atoms. The molecule has 0 aliphatic carbocycles. The van der Waals surface area contributed by atoms with E-state index in [9.17, 15) is 9.18 Å². The van der Waals surface area contributed by atoms with E-state index in [2.05, 4.69) is 15.3 Å². The van der Waals surface area contributed by atoms with Crippen molar-refractivity contribution < 1.29 is 18.7 Å². The van der Waals surface area contributed by atoms with Crippen molar-refractivity contribution in [2.24, 2.45) is 0 Å². The molecule has 0 spiro atoms. The summed E-state index contributed by atoms with van der Waals surface area (Å²) in [6.45, 7) is 0.302. The van der Waals surface area contributed by atoms with Crippen molar-refractivity contribution in [3.8, 4) is 28.6 Å². The minimum atomic E-state index is -0.312. The Morgan fingerprint density at radius 2 is 1.69 bits per heavy atom. The standard InChI is InChI=1S/C25H20FN3O3/c1-31-21-9-11-22(12-10-21)32-24-14-23(28-16-29-24)18-3-2-4-19(13-18)25(30)27-15-17-5-7-20(26)8-6-17/h2-14,16H,15H2,1H3,(H,27,30). The second-order valence-electron chi connectivity index (χ2n) is 6.91. The Morgan fingerprint density at radius 3 is 2.44 bits per heavy atom. The third kappa shape index (κ3) is 5.26. The van der Waals surface area contributed by atoms with E-state index in [1.54, 1.807) is 67.8 Å². The summed E-state index contributed by atoms with van der Waals surface area (Å²) in [6, 6.07) is 22.0. The number of rotatable bonds is 7. The first-order chi connectivity index (χ1) is 15.6. The van der Waals surface area contributed by atoms with Crippen LogP contribution in [0.3, 0.4) is 0 Å². The first-order valence-corrected chi connectivity index (χ1v) is 9.88. The van der Waals surface area contributed by atoms with E-state index >= 15 is 0 Å². The van der Waals surface area contributed by atoms with Crippen LogP contribution in [0.4, 0.5) is 4.39 Å². The van der Waals surface area contributed by atoms with Crippen molar-refractivity contribution in [3.63, 3.8) is 0 Å². The van der Waals surface area contributed by atoms with Crippen molar-refractivity contribution in [1.82, 2.24) is 15.3 Å². The molecule has 0 aliphatic heterocycles. The Bertz CT molecular complexity index is 1210. The molecule has 160 valence electrons. The summed E-state index contributed by atoms with van der Waals surface area (Å²) in [4.78, 5) is 21.0. The molecule has 1 amide bonds. The van der Waals surface area contributed by atoms with Crippen LogP contribution in [0.25, 0.3) is 11.3 Å². The highest BCUT2D eigenvalue weighted by Crippen LogP contribution is 2.25. The molecule has 0 unspecified atom stereocenters. The number of aromatic nitrogens is 2. The van der Waals surface area contributed by atoms with Gasteiger partial charge in [-0.2, -0.15) is 0 Å². The third-order valence-electron chi connectivity index (χ3n) is 4.71. The fourth-order valence-corrected chi connectivity index (χ4v) is 3.02. The van der Waals surface area contributed by atoms with Gasteiger partial charge < -0.3 is 14.8 Å². The molecule has 1 heterocycles. The van der Waals surface area contributed by atoms with Gasteiger partial charge in [0.05, 0.1) is 12.8 Å². The van der Waals surface area contributed by atoms with Gasteiger partial charge in [-0.15, -0.1) is 0 Å². The van der Waals surface area contributed by atoms with Crippen molar-refractivity contribution in [2.45, 2.75) is 6.54 Å². The van der Waals surface area contributed by atoms with Gasteiger partial charge in [0.15, 0.2) is 0 Å². The maximum atomic E-state index is 13.0. The summed E-state index contributed by atoms with van der Waals surface area (Å²) in [5, 5.41) is 2.84. The van der Waals surface area contributed by atoms with E-state index in [-0.39, 0.29) is 11.7 Å².